The van der Waals surface area contributed by atoms with E-state index >= 15 is 0 Å². The molecular weight excluding hydrogens is 416 g/mol. The predicted octanol–water partition coefficient (Wildman–Crippen LogP) is 3.09. The third-order valence-corrected chi connectivity index (χ3v) is 6.38. The number of fused-ring (bicyclic) bond motifs is 1. The van der Waals surface area contributed by atoms with E-state index in [2.05, 4.69) is 14.5 Å². The van der Waals surface area contributed by atoms with Crippen molar-refractivity contribution in [3.05, 3.63) is 54.1 Å². The average molecular weight is 435 g/mol. The Morgan fingerprint density at radius 2 is 1.90 bits per heavy atom. The Labute approximate surface area is 172 Å². The molecule has 0 aliphatic carbocycles. The Morgan fingerprint density at radius 3 is 2.63 bits per heavy atom. The molecule has 2 aliphatic rings. The van der Waals surface area contributed by atoms with Gasteiger partial charge in [-0.15, -0.1) is 4.40 Å². The molecule has 7 nitrogen and oxygen atoms in total. The molecule has 30 heavy (non-hydrogen) atoms. The largest absolute Gasteiger partial charge is 0.435 e. The first kappa shape index (κ1) is 20.3. The first-order valence-electron chi connectivity index (χ1n) is 9.38. The van der Waals surface area contributed by atoms with Crippen molar-refractivity contribution in [1.82, 2.24) is 4.90 Å². The van der Waals surface area contributed by atoms with E-state index in [0.717, 1.165) is 0 Å². The molecule has 2 aromatic carbocycles. The zero-order chi connectivity index (χ0) is 21.3. The highest BCUT2D eigenvalue weighted by molar-refractivity contribution is 7.90. The van der Waals surface area contributed by atoms with Crippen molar-refractivity contribution in [3.63, 3.8) is 0 Å². The van der Waals surface area contributed by atoms with E-state index in [-0.39, 0.29) is 22.5 Å². The van der Waals surface area contributed by atoms with Crippen LogP contribution in [0.4, 0.5) is 14.5 Å². The standard InChI is InChI=1S/C20H19F2N3O4S/c21-20(22)29-15-9-7-14(8-10-15)23-19(26)13-4-3-11-25(12-13)18-16-5-1-2-6-17(16)30(27,28)24-18/h1-2,5-10,13,20H,3-4,11-12H2,(H,23,26). The number of nitrogens with one attached hydrogen (secondary N) is 1. The fraction of sp³-hybridized carbons (Fsp3) is 0.300. The Kier molecular flexibility index (Phi) is 5.42. The van der Waals surface area contributed by atoms with Gasteiger partial charge in [0.05, 0.1) is 5.92 Å². The number of rotatable bonds is 4. The summed E-state index contributed by atoms with van der Waals surface area (Å²) in [6, 6.07) is 12.3. The molecule has 10 heteroatoms. The number of alkyl halides is 2. The lowest BCUT2D eigenvalue weighted by Crippen LogP contribution is -2.43. The molecule has 0 bridgehead atoms. The van der Waals surface area contributed by atoms with Crippen molar-refractivity contribution >= 4 is 27.5 Å². The number of hydrogen-bond acceptors (Lipinski definition) is 5. The lowest BCUT2D eigenvalue weighted by atomic mass is 9.96. The monoisotopic (exact) mass is 435 g/mol. The van der Waals surface area contributed by atoms with Gasteiger partial charge >= 0.3 is 6.61 Å². The van der Waals surface area contributed by atoms with Gasteiger partial charge in [-0.1, -0.05) is 12.1 Å². The van der Waals surface area contributed by atoms with Crippen molar-refractivity contribution < 1.29 is 26.7 Å². The van der Waals surface area contributed by atoms with Gasteiger partial charge < -0.3 is 15.0 Å². The van der Waals surface area contributed by atoms with Gasteiger partial charge in [-0.2, -0.15) is 17.2 Å². The molecule has 2 aliphatic heterocycles. The smallest absolute Gasteiger partial charge is 0.387 e. The van der Waals surface area contributed by atoms with E-state index < -0.39 is 16.6 Å². The summed E-state index contributed by atoms with van der Waals surface area (Å²) in [5.74, 6) is -0.214. The van der Waals surface area contributed by atoms with Crippen LogP contribution in [-0.2, 0) is 14.8 Å². The van der Waals surface area contributed by atoms with Crippen molar-refractivity contribution in [1.29, 1.82) is 0 Å². The molecule has 1 unspecified atom stereocenters. The first-order valence-corrected chi connectivity index (χ1v) is 10.8. The number of ether oxygens (including phenoxy) is 1. The maximum absolute atomic E-state index is 12.7. The Hall–Kier alpha value is -3.01. The predicted molar refractivity (Wildman–Crippen MR) is 106 cm³/mol. The minimum absolute atomic E-state index is 0.00552. The molecule has 2 aromatic rings. The average Bonchev–Trinajstić information content (AvgIpc) is 3.00. The molecule has 1 N–H and O–H groups in total. The van der Waals surface area contributed by atoms with E-state index in [1.54, 1.807) is 18.2 Å². The molecule has 1 atom stereocenters. The van der Waals surface area contributed by atoms with Gasteiger partial charge in [0, 0.05) is 24.3 Å². The summed E-state index contributed by atoms with van der Waals surface area (Å²) in [5, 5.41) is 2.77. The zero-order valence-electron chi connectivity index (χ0n) is 15.8. The van der Waals surface area contributed by atoms with Crippen LogP contribution in [0.15, 0.2) is 57.8 Å². The van der Waals surface area contributed by atoms with Crippen LogP contribution in [0, 0.1) is 5.92 Å². The van der Waals surface area contributed by atoms with E-state index in [9.17, 15) is 22.0 Å². The normalized spacial score (nSPS) is 19.9. The van der Waals surface area contributed by atoms with Gasteiger partial charge in [0.1, 0.15) is 10.6 Å². The fourth-order valence-electron chi connectivity index (χ4n) is 3.66. The number of carbonyl (C=O) groups is 1. The molecule has 1 amide bonds. The zero-order valence-corrected chi connectivity index (χ0v) is 16.6. The van der Waals surface area contributed by atoms with Crippen LogP contribution in [0.3, 0.4) is 0 Å². The molecule has 1 saturated heterocycles. The number of piperidine rings is 1. The summed E-state index contributed by atoms with van der Waals surface area (Å²) in [6.07, 6.45) is 1.36. The van der Waals surface area contributed by atoms with Crippen LogP contribution in [0.2, 0.25) is 0 Å². The van der Waals surface area contributed by atoms with Gasteiger partial charge in [-0.3, -0.25) is 4.79 Å². The van der Waals surface area contributed by atoms with Crippen LogP contribution in [0.1, 0.15) is 18.4 Å². The van der Waals surface area contributed by atoms with Crippen molar-refractivity contribution in [3.8, 4) is 5.75 Å². The van der Waals surface area contributed by atoms with Gasteiger partial charge in [0.15, 0.2) is 5.84 Å². The summed E-state index contributed by atoms with van der Waals surface area (Å²) < 4.78 is 57.3. The number of amidine groups is 1. The van der Waals surface area contributed by atoms with Crippen LogP contribution < -0.4 is 10.1 Å². The van der Waals surface area contributed by atoms with Crippen molar-refractivity contribution in [2.75, 3.05) is 18.4 Å². The van der Waals surface area contributed by atoms with E-state index in [0.29, 0.717) is 43.0 Å². The number of nitrogens with zero attached hydrogens (tertiary/aromatic N) is 2. The lowest BCUT2D eigenvalue weighted by Gasteiger charge is -2.33. The highest BCUT2D eigenvalue weighted by Crippen LogP contribution is 2.30. The first-order chi connectivity index (χ1) is 14.3. The number of likely N-dealkylation sites (tertiary alicyclic amines) is 1. The Bertz CT molecular complexity index is 1090. The number of anilines is 1. The molecule has 0 radical (unpaired) electrons. The van der Waals surface area contributed by atoms with Crippen LogP contribution >= 0.6 is 0 Å². The summed E-state index contributed by atoms with van der Waals surface area (Å²) in [4.78, 5) is 14.7. The van der Waals surface area contributed by atoms with E-state index in [4.69, 9.17) is 0 Å². The SMILES string of the molecule is O=C(Nc1ccc(OC(F)F)cc1)C1CCCN(C2=NS(=O)(=O)c3ccccc32)C1. The number of amides is 1. The molecule has 4 rings (SSSR count). The summed E-state index contributed by atoms with van der Waals surface area (Å²) in [7, 11) is -3.72. The topological polar surface area (TPSA) is 88.1 Å². The lowest BCUT2D eigenvalue weighted by molar-refractivity contribution is -0.121. The van der Waals surface area contributed by atoms with E-state index in [1.807, 2.05) is 4.90 Å². The number of carbonyl (C=O) groups excluding carboxylic acids is 1. The van der Waals surface area contributed by atoms with Crippen molar-refractivity contribution in [2.24, 2.45) is 10.3 Å². The minimum atomic E-state index is -3.72. The van der Waals surface area contributed by atoms with Crippen LogP contribution in [-0.4, -0.2) is 44.8 Å². The molecule has 158 valence electrons. The maximum atomic E-state index is 12.7. The van der Waals surface area contributed by atoms with Gasteiger partial charge in [0.2, 0.25) is 5.91 Å². The highest BCUT2D eigenvalue weighted by atomic mass is 32.2. The third kappa shape index (κ3) is 4.13. The Morgan fingerprint density at radius 1 is 1.17 bits per heavy atom. The van der Waals surface area contributed by atoms with Gasteiger partial charge in [-0.25, -0.2) is 0 Å². The second-order valence-electron chi connectivity index (χ2n) is 7.06. The van der Waals surface area contributed by atoms with E-state index in [1.165, 1.54) is 30.3 Å². The van der Waals surface area contributed by atoms with Gasteiger partial charge in [0.25, 0.3) is 10.0 Å². The Balaban J connectivity index is 1.45. The molecule has 2 heterocycles. The number of hydrogen-bond donors (Lipinski definition) is 1. The number of sulfonamides is 1. The van der Waals surface area contributed by atoms with Gasteiger partial charge in [-0.05, 0) is 49.2 Å². The van der Waals surface area contributed by atoms with Crippen molar-refractivity contribution in [2.45, 2.75) is 24.3 Å². The summed E-state index contributed by atoms with van der Waals surface area (Å²) in [6.45, 7) is -1.97. The molecule has 1 fully saturated rings. The summed E-state index contributed by atoms with van der Waals surface area (Å²) in [5.41, 5.74) is 1.01. The molecule has 0 saturated carbocycles. The minimum Gasteiger partial charge on any atom is -0.435 e. The second kappa shape index (κ2) is 8.02. The number of benzene rings is 2. The van der Waals surface area contributed by atoms with Crippen LogP contribution in [0.5, 0.6) is 5.75 Å². The highest BCUT2D eigenvalue weighted by Gasteiger charge is 2.35. The third-order valence-electron chi connectivity index (χ3n) is 5.05. The summed E-state index contributed by atoms with van der Waals surface area (Å²) >= 11 is 0. The quantitative estimate of drug-likeness (QED) is 0.798. The molecule has 0 aromatic heterocycles. The van der Waals surface area contributed by atoms with Crippen LogP contribution in [0.25, 0.3) is 0 Å². The molecule has 0 spiro atoms. The number of halogens is 2. The molecular formula is C20H19F2N3O4S. The maximum Gasteiger partial charge on any atom is 0.387 e. The fourth-order valence-corrected chi connectivity index (χ4v) is 4.89. The second-order valence-corrected chi connectivity index (χ2v) is 8.64.